The number of urea groups is 1. The molecule has 0 radical (unpaired) electrons. The van der Waals surface area contributed by atoms with Crippen molar-refractivity contribution in [3.63, 3.8) is 0 Å². The van der Waals surface area contributed by atoms with Crippen LogP contribution in [0.25, 0.3) is 0 Å². The van der Waals surface area contributed by atoms with Crippen molar-refractivity contribution in [2.75, 3.05) is 0 Å². The predicted molar refractivity (Wildman–Crippen MR) is 60.0 cm³/mol. The minimum atomic E-state index is -4.25. The number of hydrogen-bond donors (Lipinski definition) is 3. The molecular formula is C9H10N2O7S. The van der Waals surface area contributed by atoms with Crippen LogP contribution in [0.2, 0.25) is 0 Å². The smallest absolute Gasteiger partial charge is 0.371 e. The van der Waals surface area contributed by atoms with Crippen molar-refractivity contribution in [1.82, 2.24) is 5.32 Å². The molecule has 1 aromatic rings. The first-order valence-corrected chi connectivity index (χ1v) is 6.38. The maximum atomic E-state index is 11.9. The Kier molecular flexibility index (Phi) is 3.95. The van der Waals surface area contributed by atoms with Gasteiger partial charge in [0.15, 0.2) is 0 Å². The summed E-state index contributed by atoms with van der Waals surface area (Å²) < 4.78 is 28.4. The van der Waals surface area contributed by atoms with Gasteiger partial charge in [0.25, 0.3) is 0 Å². The molecule has 0 spiro atoms. The van der Waals surface area contributed by atoms with Crippen molar-refractivity contribution in [1.29, 1.82) is 0 Å². The van der Waals surface area contributed by atoms with Crippen LogP contribution in [0.1, 0.15) is 17.5 Å². The van der Waals surface area contributed by atoms with Crippen molar-refractivity contribution in [2.24, 2.45) is 5.73 Å². The Labute approximate surface area is 107 Å². The predicted octanol–water partition coefficient (Wildman–Crippen LogP) is -0.665. The molecular weight excluding hydrogens is 280 g/mol. The first-order chi connectivity index (χ1) is 8.66. The molecule has 0 aliphatic carbocycles. The Morgan fingerprint density at radius 2 is 1.95 bits per heavy atom. The van der Waals surface area contributed by atoms with E-state index in [2.05, 4.69) is 4.42 Å². The maximum Gasteiger partial charge on any atom is 0.371 e. The minimum absolute atomic E-state index is 0.582. The Morgan fingerprint density at radius 1 is 1.37 bits per heavy atom. The number of rotatable bonds is 4. The molecule has 1 rings (SSSR count). The third kappa shape index (κ3) is 3.10. The number of carbonyl (C=O) groups excluding carboxylic acids is 2. The topological polar surface area (TPSA) is 157 Å². The van der Waals surface area contributed by atoms with E-state index in [4.69, 9.17) is 10.8 Å². The summed E-state index contributed by atoms with van der Waals surface area (Å²) in [6.07, 6.45) is 0. The van der Waals surface area contributed by atoms with Crippen molar-refractivity contribution in [3.8, 4) is 0 Å². The van der Waals surface area contributed by atoms with Crippen LogP contribution in [0.15, 0.2) is 21.6 Å². The van der Waals surface area contributed by atoms with Crippen LogP contribution in [0.3, 0.4) is 0 Å². The van der Waals surface area contributed by atoms with E-state index in [9.17, 15) is 22.8 Å². The molecule has 1 atom stereocenters. The lowest BCUT2D eigenvalue weighted by atomic mass is 10.4. The number of amides is 3. The summed E-state index contributed by atoms with van der Waals surface area (Å²) >= 11 is 0. The highest BCUT2D eigenvalue weighted by Crippen LogP contribution is 2.19. The van der Waals surface area contributed by atoms with Crippen molar-refractivity contribution in [3.05, 3.63) is 17.9 Å². The third-order valence-corrected chi connectivity index (χ3v) is 4.08. The Morgan fingerprint density at radius 3 is 2.37 bits per heavy atom. The summed E-state index contributed by atoms with van der Waals surface area (Å²) in [6.45, 7) is 1.01. The van der Waals surface area contributed by atoms with Crippen molar-refractivity contribution in [2.45, 2.75) is 17.3 Å². The number of nitrogens with two attached hydrogens (primary N) is 1. The highest BCUT2D eigenvalue weighted by molar-refractivity contribution is 7.92. The number of furan rings is 1. The summed E-state index contributed by atoms with van der Waals surface area (Å²) in [4.78, 5) is 32.4. The molecule has 0 saturated heterocycles. The van der Waals surface area contributed by atoms with Crippen LogP contribution < -0.4 is 11.1 Å². The van der Waals surface area contributed by atoms with Crippen LogP contribution in [-0.2, 0) is 14.6 Å². The Balaban J connectivity index is 3.05. The molecule has 1 aromatic heterocycles. The molecule has 9 nitrogen and oxygen atoms in total. The van der Waals surface area contributed by atoms with Crippen molar-refractivity contribution >= 4 is 27.7 Å². The summed E-state index contributed by atoms with van der Waals surface area (Å²) in [6, 6.07) is 0.651. The number of sulfone groups is 1. The number of nitrogens with one attached hydrogen (secondary N) is 1. The largest absolute Gasteiger partial charge is 0.475 e. The van der Waals surface area contributed by atoms with Gasteiger partial charge in [-0.25, -0.2) is 18.0 Å². The fraction of sp³-hybridized carbons (Fsp3) is 0.222. The fourth-order valence-corrected chi connectivity index (χ4v) is 2.28. The Hall–Kier alpha value is -2.36. The first-order valence-electron chi connectivity index (χ1n) is 4.83. The molecule has 10 heteroatoms. The molecule has 104 valence electrons. The molecule has 0 fully saturated rings. The van der Waals surface area contributed by atoms with Gasteiger partial charge in [0, 0.05) is 0 Å². The molecule has 0 saturated carbocycles. The van der Waals surface area contributed by atoms with E-state index < -0.39 is 43.8 Å². The average molecular weight is 290 g/mol. The Bertz CT molecular complexity index is 631. The summed E-state index contributed by atoms with van der Waals surface area (Å²) in [5, 5.41) is 7.87. The average Bonchev–Trinajstić information content (AvgIpc) is 2.76. The minimum Gasteiger partial charge on any atom is -0.475 e. The number of carboxylic acid groups (broad SMARTS) is 1. The van der Waals surface area contributed by atoms with E-state index >= 15 is 0 Å². The second-order valence-corrected chi connectivity index (χ2v) is 5.66. The fourth-order valence-electron chi connectivity index (χ4n) is 1.13. The molecule has 0 aromatic carbocycles. The molecule has 1 unspecified atom stereocenters. The van der Waals surface area contributed by atoms with Gasteiger partial charge >= 0.3 is 12.0 Å². The number of primary amides is 1. The summed E-state index contributed by atoms with van der Waals surface area (Å²) in [5.41, 5.74) is 4.69. The van der Waals surface area contributed by atoms with Gasteiger partial charge in [0.05, 0.1) is 0 Å². The molecule has 0 bridgehead atoms. The van der Waals surface area contributed by atoms with Gasteiger partial charge in [-0.15, -0.1) is 0 Å². The summed E-state index contributed by atoms with van der Waals surface area (Å²) in [7, 11) is -4.25. The molecule has 19 heavy (non-hydrogen) atoms. The van der Waals surface area contributed by atoms with E-state index in [1.54, 1.807) is 5.32 Å². The van der Waals surface area contributed by atoms with E-state index in [-0.39, 0.29) is 0 Å². The van der Waals surface area contributed by atoms with Crippen LogP contribution in [0.4, 0.5) is 4.79 Å². The van der Waals surface area contributed by atoms with E-state index in [0.717, 1.165) is 19.1 Å². The van der Waals surface area contributed by atoms with Gasteiger partial charge < -0.3 is 15.3 Å². The highest BCUT2D eigenvalue weighted by atomic mass is 32.2. The van der Waals surface area contributed by atoms with Gasteiger partial charge in [-0.3, -0.25) is 10.1 Å². The highest BCUT2D eigenvalue weighted by Gasteiger charge is 2.33. The monoisotopic (exact) mass is 290 g/mol. The number of aromatic carboxylic acids is 1. The van der Waals surface area contributed by atoms with Crippen LogP contribution in [0.5, 0.6) is 0 Å². The van der Waals surface area contributed by atoms with Crippen LogP contribution in [0, 0.1) is 0 Å². The number of imide groups is 1. The van der Waals surface area contributed by atoms with Gasteiger partial charge in [-0.1, -0.05) is 0 Å². The number of carboxylic acids is 1. The summed E-state index contributed by atoms with van der Waals surface area (Å²) in [5.74, 6) is -3.17. The molecule has 4 N–H and O–H groups in total. The van der Waals surface area contributed by atoms with Gasteiger partial charge in [-0.05, 0) is 19.1 Å². The van der Waals surface area contributed by atoms with Crippen molar-refractivity contribution < 1.29 is 32.3 Å². The van der Waals surface area contributed by atoms with E-state index in [0.29, 0.717) is 0 Å². The van der Waals surface area contributed by atoms with Gasteiger partial charge in [0.2, 0.25) is 26.6 Å². The number of hydrogen-bond acceptors (Lipinski definition) is 6. The standard InChI is InChI=1S/C9H10N2O7S/c1-4(7(12)11-9(10)15)19(16,17)6-3-2-5(18-6)8(13)14/h2-4H,1H3,(H,13,14)(H3,10,11,12,15). The third-order valence-electron chi connectivity index (χ3n) is 2.15. The molecule has 3 amide bonds. The first kappa shape index (κ1) is 14.7. The molecule has 0 aliphatic rings. The lowest BCUT2D eigenvalue weighted by molar-refractivity contribution is -0.119. The second kappa shape index (κ2) is 5.10. The van der Waals surface area contributed by atoms with E-state index in [1.807, 2.05) is 0 Å². The van der Waals surface area contributed by atoms with Crippen LogP contribution in [-0.4, -0.2) is 36.7 Å². The quantitative estimate of drug-likeness (QED) is 0.663. The van der Waals surface area contributed by atoms with E-state index in [1.165, 1.54) is 0 Å². The molecule has 0 aliphatic heterocycles. The number of carbonyl (C=O) groups is 3. The SMILES string of the molecule is CC(C(=O)NC(N)=O)S(=O)(=O)c1ccc(C(=O)O)o1. The lowest BCUT2D eigenvalue weighted by Crippen LogP contribution is -2.43. The zero-order chi connectivity index (χ0) is 14.8. The normalized spacial score (nSPS) is 12.7. The maximum absolute atomic E-state index is 11.9. The zero-order valence-corrected chi connectivity index (χ0v) is 10.4. The van der Waals surface area contributed by atoms with Gasteiger partial charge in [0.1, 0.15) is 5.25 Å². The van der Waals surface area contributed by atoms with Gasteiger partial charge in [-0.2, -0.15) is 0 Å². The molecule has 1 heterocycles. The second-order valence-electron chi connectivity index (χ2n) is 3.46. The van der Waals surface area contributed by atoms with Crippen LogP contribution >= 0.6 is 0 Å². The lowest BCUT2D eigenvalue weighted by Gasteiger charge is -2.09. The zero-order valence-electron chi connectivity index (χ0n) is 9.61.